The third kappa shape index (κ3) is 0.549. The summed E-state index contributed by atoms with van der Waals surface area (Å²) in [5, 5.41) is 0. The fraction of sp³-hybridized carbons (Fsp3) is 0. The summed E-state index contributed by atoms with van der Waals surface area (Å²) in [6, 6.07) is 5.72. The average Bonchev–Trinajstić information content (AvgIpc) is 1.72. The van der Waals surface area contributed by atoms with Crippen molar-refractivity contribution in [2.75, 3.05) is 0 Å². The third-order valence-corrected chi connectivity index (χ3v) is 0.566. The number of hydrogen-bond donors (Lipinski definition) is 0. The molecule has 0 aliphatic heterocycles. The Morgan fingerprint density at radius 3 is 2.00 bits per heavy atom. The molecular weight excluding hydrogens is 78.0 g/mol. The van der Waals surface area contributed by atoms with Crippen molar-refractivity contribution in [1.29, 1.82) is 0 Å². The number of aromatic nitrogens is 1. The monoisotopic (exact) mass is 83.0 g/mol. The summed E-state index contributed by atoms with van der Waals surface area (Å²) in [5.74, 6) is 0. The van der Waals surface area contributed by atoms with Gasteiger partial charge in [-0.05, 0) is 12.1 Å². The average molecular weight is 83.1 g/mol. The van der Waals surface area contributed by atoms with Gasteiger partial charge < -0.3 is 0 Å². The molecule has 0 bridgehead atoms. The smallest absolute Gasteiger partial charge is 0.0267 e. The topological polar surface area (TPSA) is 12.9 Å². The maximum atomic E-state index is 3.78. The van der Waals surface area contributed by atoms with Gasteiger partial charge in [-0.1, -0.05) is 6.07 Å². The van der Waals surface area contributed by atoms with E-state index in [9.17, 15) is 0 Å². The highest BCUT2D eigenvalue weighted by Crippen LogP contribution is 1.73. The summed E-state index contributed by atoms with van der Waals surface area (Å²) in [6.07, 6.45) is 3.50. The molecule has 1 heteroatoms. The molecule has 0 saturated heterocycles. The van der Waals surface area contributed by atoms with E-state index in [1.807, 2.05) is 18.2 Å². The molecule has 0 fully saturated rings. The number of hydrogen-bond acceptors (Lipinski definition) is 1. The van der Waals surface area contributed by atoms with Crippen LogP contribution in [0.2, 0.25) is 0 Å². The van der Waals surface area contributed by atoms with Crippen LogP contribution >= 0.6 is 0 Å². The lowest BCUT2D eigenvalue weighted by Crippen LogP contribution is -1.58. The summed E-state index contributed by atoms with van der Waals surface area (Å²) in [5.41, 5.74) is 0. The van der Waals surface area contributed by atoms with Crippen molar-refractivity contribution in [2.45, 2.75) is 0 Å². The second kappa shape index (κ2) is 1.55. The van der Waals surface area contributed by atoms with E-state index in [1.54, 1.807) is 12.4 Å². The number of pyridine rings is 1. The Morgan fingerprint density at radius 2 is 1.83 bits per heavy atom. The SMILES string of the molecule is c1c[14cH]n[14cH]c1. The van der Waals surface area contributed by atoms with Gasteiger partial charge in [0.2, 0.25) is 0 Å². The van der Waals surface area contributed by atoms with Gasteiger partial charge in [-0.25, -0.2) is 0 Å². The number of nitrogens with zero attached hydrogens (tertiary/aromatic N) is 1. The Morgan fingerprint density at radius 1 is 1.17 bits per heavy atom. The third-order valence-electron chi connectivity index (χ3n) is 0.566. The van der Waals surface area contributed by atoms with Gasteiger partial charge in [-0.2, -0.15) is 0 Å². The predicted octanol–water partition coefficient (Wildman–Crippen LogP) is 1.08. The van der Waals surface area contributed by atoms with Crippen LogP contribution in [0.15, 0.2) is 30.6 Å². The van der Waals surface area contributed by atoms with E-state index < -0.39 is 0 Å². The quantitative estimate of drug-likeness (QED) is 0.457. The van der Waals surface area contributed by atoms with Crippen LogP contribution in [0.5, 0.6) is 0 Å². The van der Waals surface area contributed by atoms with E-state index in [2.05, 4.69) is 4.98 Å². The first-order chi connectivity index (χ1) is 3.00. The molecule has 0 radical (unpaired) electrons. The molecule has 0 spiro atoms. The highest BCUT2D eigenvalue weighted by Gasteiger charge is 1.58. The lowest BCUT2D eigenvalue weighted by atomic mass is 10.7. The molecule has 0 atom stereocenters. The second-order valence-electron chi connectivity index (χ2n) is 1.02. The van der Waals surface area contributed by atoms with Gasteiger partial charge in [0.25, 0.3) is 0 Å². The molecule has 6 heavy (non-hydrogen) atoms. The van der Waals surface area contributed by atoms with Crippen molar-refractivity contribution < 1.29 is 0 Å². The lowest BCUT2D eigenvalue weighted by Gasteiger charge is -1.70. The Balaban J connectivity index is 3.00. The largest absolute Gasteiger partial charge is 0.265 e. The van der Waals surface area contributed by atoms with Crippen molar-refractivity contribution in [1.82, 2.24) is 4.98 Å². The van der Waals surface area contributed by atoms with Crippen molar-refractivity contribution >= 4 is 0 Å². The molecule has 1 aromatic rings. The maximum Gasteiger partial charge on any atom is 0.0267 e. The molecule has 0 aliphatic rings. The van der Waals surface area contributed by atoms with Crippen LogP contribution in [0.4, 0.5) is 0 Å². The highest BCUT2D eigenvalue weighted by molar-refractivity contribution is 4.88. The van der Waals surface area contributed by atoms with Crippen LogP contribution in [-0.2, 0) is 0 Å². The Hall–Kier alpha value is -0.850. The molecule has 0 amide bonds. The molecule has 1 aromatic heterocycles. The van der Waals surface area contributed by atoms with Gasteiger partial charge in [-0.3, -0.25) is 4.98 Å². The van der Waals surface area contributed by atoms with Crippen LogP contribution in [0.1, 0.15) is 0 Å². The van der Waals surface area contributed by atoms with E-state index in [4.69, 9.17) is 0 Å². The Labute approximate surface area is 36.7 Å². The molecule has 0 aromatic carbocycles. The molecule has 0 unspecified atom stereocenters. The first-order valence-electron chi connectivity index (χ1n) is 1.85. The van der Waals surface area contributed by atoms with Crippen LogP contribution in [0.3, 0.4) is 0 Å². The van der Waals surface area contributed by atoms with Crippen molar-refractivity contribution in [3.8, 4) is 0 Å². The molecular formula is C5H5N. The Bertz CT molecular complexity index is 75.9. The van der Waals surface area contributed by atoms with E-state index in [0.29, 0.717) is 0 Å². The van der Waals surface area contributed by atoms with Gasteiger partial charge in [0.05, 0.1) is 0 Å². The van der Waals surface area contributed by atoms with Crippen LogP contribution in [0.25, 0.3) is 0 Å². The number of rotatable bonds is 0. The van der Waals surface area contributed by atoms with E-state index in [0.717, 1.165) is 0 Å². The fourth-order valence-corrected chi connectivity index (χ4v) is 0.313. The van der Waals surface area contributed by atoms with Gasteiger partial charge in [0.1, 0.15) is 0 Å². The molecule has 1 rings (SSSR count). The standard InChI is InChI=1S/C5H5N/c1-2-4-6-5-3-1/h1-5H/i4+2,5+2. The van der Waals surface area contributed by atoms with Crippen molar-refractivity contribution in [3.63, 3.8) is 0 Å². The minimum atomic E-state index is 1.75. The van der Waals surface area contributed by atoms with E-state index in [1.165, 1.54) is 0 Å². The highest BCUT2D eigenvalue weighted by atomic mass is 15.3. The molecule has 1 nitrogen and oxygen atoms in total. The summed E-state index contributed by atoms with van der Waals surface area (Å²) >= 11 is 0. The molecule has 0 saturated carbocycles. The zero-order valence-corrected chi connectivity index (χ0v) is 3.33. The minimum absolute atomic E-state index is 1.75. The van der Waals surface area contributed by atoms with Crippen LogP contribution in [-0.4, -0.2) is 4.98 Å². The van der Waals surface area contributed by atoms with Gasteiger partial charge in [0, 0.05) is 12.4 Å². The molecule has 0 N–H and O–H groups in total. The molecule has 30 valence electrons. The first kappa shape index (κ1) is 3.34. The zero-order chi connectivity index (χ0) is 4.24. The molecule has 1 heterocycles. The summed E-state index contributed by atoms with van der Waals surface area (Å²) < 4.78 is 0. The summed E-state index contributed by atoms with van der Waals surface area (Å²) in [6.45, 7) is 0. The van der Waals surface area contributed by atoms with Gasteiger partial charge in [0.15, 0.2) is 0 Å². The van der Waals surface area contributed by atoms with Crippen molar-refractivity contribution in [2.24, 2.45) is 0 Å². The maximum absolute atomic E-state index is 3.78. The van der Waals surface area contributed by atoms with Crippen LogP contribution < -0.4 is 0 Å². The van der Waals surface area contributed by atoms with Gasteiger partial charge >= 0.3 is 0 Å². The predicted molar refractivity (Wildman–Crippen MR) is 24.2 cm³/mol. The van der Waals surface area contributed by atoms with Crippen LogP contribution in [0, 0.1) is 0 Å². The van der Waals surface area contributed by atoms with E-state index >= 15 is 0 Å². The normalized spacial score (nSPS) is 8.00. The van der Waals surface area contributed by atoms with Crippen molar-refractivity contribution in [3.05, 3.63) is 30.6 Å². The first-order valence-corrected chi connectivity index (χ1v) is 1.85. The molecule has 0 aliphatic carbocycles. The summed E-state index contributed by atoms with van der Waals surface area (Å²) in [4.78, 5) is 3.78. The fourth-order valence-electron chi connectivity index (χ4n) is 0.313. The minimum Gasteiger partial charge on any atom is -0.265 e. The Kier molecular flexibility index (Phi) is 0.865. The zero-order valence-electron chi connectivity index (χ0n) is 3.33. The van der Waals surface area contributed by atoms with Gasteiger partial charge in [-0.15, -0.1) is 0 Å². The lowest BCUT2D eigenvalue weighted by molar-refractivity contribution is 1.33. The van der Waals surface area contributed by atoms with E-state index in [-0.39, 0.29) is 0 Å². The second-order valence-corrected chi connectivity index (χ2v) is 1.02. The summed E-state index contributed by atoms with van der Waals surface area (Å²) in [7, 11) is 0.